The number of thioether (sulfide) groups is 1. The van der Waals surface area contributed by atoms with Crippen LogP contribution in [-0.4, -0.2) is 26.8 Å². The fraction of sp³-hybridized carbons (Fsp3) is 0.391. The smallest absolute Gasteiger partial charge is 0.267 e. The number of hydrogen-bond donors (Lipinski definition) is 0. The van der Waals surface area contributed by atoms with Crippen LogP contribution in [0, 0.1) is 0 Å². The molecule has 0 radical (unpaired) electrons. The van der Waals surface area contributed by atoms with Gasteiger partial charge in [0.1, 0.15) is 10.6 Å². The lowest BCUT2D eigenvalue weighted by Gasteiger charge is -2.15. The fourth-order valence-electron chi connectivity index (χ4n) is 4.21. The summed E-state index contributed by atoms with van der Waals surface area (Å²) in [5.41, 5.74) is 1.89. The molecule has 0 aliphatic heterocycles. The number of fused-ring (bicyclic) bond motifs is 3. The topological polar surface area (TPSA) is 83.0 Å². The maximum absolute atomic E-state index is 13.8. The van der Waals surface area contributed by atoms with Crippen molar-refractivity contribution in [1.82, 2.24) is 19.7 Å². The summed E-state index contributed by atoms with van der Waals surface area (Å²) in [4.78, 5) is 25.5. The zero-order valence-electron chi connectivity index (χ0n) is 17.8. The second-order valence-corrected chi connectivity index (χ2v) is 10.7. The molecule has 0 bridgehead atoms. The van der Waals surface area contributed by atoms with E-state index < -0.39 is 0 Å². The van der Waals surface area contributed by atoms with Crippen molar-refractivity contribution < 1.29 is 9.26 Å². The number of methoxy groups -OCH3 is 1. The van der Waals surface area contributed by atoms with E-state index in [-0.39, 0.29) is 10.8 Å². The summed E-state index contributed by atoms with van der Waals surface area (Å²) in [6.07, 6.45) is 5.32. The standard InChI is InChI=1S/C23H22N4O3S2/c1-12(20-24-19(26-30-20)13-9-10-13)31-23-25-21-18(16-7-4-8-17(16)32-21)22(28)27(23)14-5-3-6-15(11-14)29-2/h3,5-6,11-13H,4,7-10H2,1-2H3/t12-/m1/s1. The van der Waals surface area contributed by atoms with Crippen LogP contribution in [0.4, 0.5) is 0 Å². The van der Waals surface area contributed by atoms with Gasteiger partial charge in [-0.25, -0.2) is 4.98 Å². The van der Waals surface area contributed by atoms with E-state index >= 15 is 0 Å². The van der Waals surface area contributed by atoms with Gasteiger partial charge in [0.15, 0.2) is 11.0 Å². The summed E-state index contributed by atoms with van der Waals surface area (Å²) in [5, 5.41) is 5.39. The van der Waals surface area contributed by atoms with Gasteiger partial charge in [-0.05, 0) is 56.7 Å². The third-order valence-corrected chi connectivity index (χ3v) is 8.28. The van der Waals surface area contributed by atoms with Crippen LogP contribution in [0.1, 0.15) is 59.5 Å². The minimum Gasteiger partial charge on any atom is -0.497 e. The Morgan fingerprint density at radius 2 is 2.16 bits per heavy atom. The molecule has 1 aromatic carbocycles. The molecule has 0 saturated heterocycles. The number of ether oxygens (including phenoxy) is 1. The van der Waals surface area contributed by atoms with E-state index in [4.69, 9.17) is 14.2 Å². The van der Waals surface area contributed by atoms with Gasteiger partial charge in [0.25, 0.3) is 5.56 Å². The Bertz CT molecular complexity index is 1390. The molecule has 32 heavy (non-hydrogen) atoms. The summed E-state index contributed by atoms with van der Waals surface area (Å²) in [5.74, 6) is 2.48. The highest BCUT2D eigenvalue weighted by molar-refractivity contribution is 7.99. The molecule has 9 heteroatoms. The summed E-state index contributed by atoms with van der Waals surface area (Å²) in [6, 6.07) is 7.54. The van der Waals surface area contributed by atoms with Gasteiger partial charge in [0.05, 0.1) is 23.4 Å². The van der Waals surface area contributed by atoms with Gasteiger partial charge in [0.2, 0.25) is 5.89 Å². The molecule has 7 nitrogen and oxygen atoms in total. The van der Waals surface area contributed by atoms with E-state index in [0.717, 1.165) is 53.8 Å². The number of hydrogen-bond acceptors (Lipinski definition) is 8. The van der Waals surface area contributed by atoms with Crippen LogP contribution in [0.5, 0.6) is 5.75 Å². The number of thiophene rings is 1. The van der Waals surface area contributed by atoms with Crippen molar-refractivity contribution >= 4 is 33.3 Å². The van der Waals surface area contributed by atoms with Crippen LogP contribution in [0.15, 0.2) is 38.7 Å². The Morgan fingerprint density at radius 1 is 1.28 bits per heavy atom. The van der Waals surface area contributed by atoms with Crippen molar-refractivity contribution in [1.29, 1.82) is 0 Å². The quantitative estimate of drug-likeness (QED) is 0.290. The van der Waals surface area contributed by atoms with Crippen molar-refractivity contribution in [3.8, 4) is 11.4 Å². The Labute approximate surface area is 192 Å². The Hall–Kier alpha value is -2.65. The third-order valence-electron chi connectivity index (χ3n) is 6.05. The number of rotatable bonds is 6. The van der Waals surface area contributed by atoms with Crippen molar-refractivity contribution in [2.24, 2.45) is 0 Å². The molecule has 2 aliphatic rings. The summed E-state index contributed by atoms with van der Waals surface area (Å²) >= 11 is 3.12. The maximum Gasteiger partial charge on any atom is 0.267 e. The predicted molar refractivity (Wildman–Crippen MR) is 124 cm³/mol. The molecule has 0 unspecified atom stereocenters. The van der Waals surface area contributed by atoms with E-state index in [1.807, 2.05) is 31.2 Å². The Morgan fingerprint density at radius 3 is 2.97 bits per heavy atom. The van der Waals surface area contributed by atoms with E-state index in [1.54, 1.807) is 23.0 Å². The normalized spacial score (nSPS) is 16.4. The van der Waals surface area contributed by atoms with Crippen LogP contribution in [0.3, 0.4) is 0 Å². The molecule has 3 heterocycles. The molecule has 3 aromatic heterocycles. The number of aromatic nitrogens is 4. The van der Waals surface area contributed by atoms with E-state index in [1.165, 1.54) is 22.2 Å². The minimum absolute atomic E-state index is 0.0263. The summed E-state index contributed by atoms with van der Waals surface area (Å²) in [6.45, 7) is 2.01. The fourth-order valence-corrected chi connectivity index (χ4v) is 6.47. The molecule has 0 amide bonds. The molecule has 1 saturated carbocycles. The van der Waals surface area contributed by atoms with Crippen LogP contribution in [0.2, 0.25) is 0 Å². The molecular weight excluding hydrogens is 444 g/mol. The van der Waals surface area contributed by atoms with E-state index in [9.17, 15) is 4.79 Å². The molecular formula is C23H22N4O3S2. The first kappa shape index (κ1) is 20.0. The van der Waals surface area contributed by atoms with Crippen molar-refractivity contribution in [2.75, 3.05) is 7.11 Å². The SMILES string of the molecule is COc1cccc(-n2c(S[C@H](C)c3nc(C4CC4)no3)nc3sc4c(c3c2=O)CCC4)c1. The highest BCUT2D eigenvalue weighted by Gasteiger charge is 2.30. The second kappa shape index (κ2) is 7.74. The zero-order valence-corrected chi connectivity index (χ0v) is 19.5. The van der Waals surface area contributed by atoms with Crippen LogP contribution in [0.25, 0.3) is 15.9 Å². The number of benzene rings is 1. The van der Waals surface area contributed by atoms with Gasteiger partial charge < -0.3 is 9.26 Å². The molecule has 1 fully saturated rings. The van der Waals surface area contributed by atoms with Gasteiger partial charge in [-0.15, -0.1) is 11.3 Å². The number of aryl methyl sites for hydroxylation is 2. The molecule has 0 spiro atoms. The molecule has 0 N–H and O–H groups in total. The van der Waals surface area contributed by atoms with Gasteiger partial charge in [0, 0.05) is 16.9 Å². The van der Waals surface area contributed by atoms with E-state index in [0.29, 0.717) is 22.7 Å². The van der Waals surface area contributed by atoms with Crippen LogP contribution < -0.4 is 10.3 Å². The summed E-state index contributed by atoms with van der Waals surface area (Å²) in [7, 11) is 1.62. The summed E-state index contributed by atoms with van der Waals surface area (Å²) < 4.78 is 12.6. The lowest BCUT2D eigenvalue weighted by Crippen LogP contribution is -2.22. The van der Waals surface area contributed by atoms with Gasteiger partial charge in [-0.3, -0.25) is 9.36 Å². The predicted octanol–water partition coefficient (Wildman–Crippen LogP) is 5.06. The number of nitrogens with zero attached hydrogens (tertiary/aromatic N) is 4. The molecule has 6 rings (SSSR count). The van der Waals surface area contributed by atoms with Gasteiger partial charge in [-0.1, -0.05) is 23.0 Å². The van der Waals surface area contributed by atoms with Crippen molar-refractivity contribution in [2.45, 2.75) is 55.4 Å². The molecule has 1 atom stereocenters. The van der Waals surface area contributed by atoms with Crippen molar-refractivity contribution in [3.05, 3.63) is 56.8 Å². The molecule has 2 aliphatic carbocycles. The largest absolute Gasteiger partial charge is 0.497 e. The third kappa shape index (κ3) is 3.34. The van der Waals surface area contributed by atoms with E-state index in [2.05, 4.69) is 10.1 Å². The Kier molecular flexibility index (Phi) is 4.83. The first-order valence-electron chi connectivity index (χ1n) is 10.8. The molecule has 164 valence electrons. The monoisotopic (exact) mass is 466 g/mol. The van der Waals surface area contributed by atoms with Gasteiger partial charge in [-0.2, -0.15) is 4.98 Å². The molecule has 4 aromatic rings. The second-order valence-electron chi connectivity index (χ2n) is 8.30. The zero-order chi connectivity index (χ0) is 21.8. The van der Waals surface area contributed by atoms with Crippen LogP contribution >= 0.6 is 23.1 Å². The maximum atomic E-state index is 13.8. The lowest BCUT2D eigenvalue weighted by atomic mass is 10.2. The van der Waals surface area contributed by atoms with Crippen LogP contribution in [-0.2, 0) is 12.8 Å². The average Bonchev–Trinajstić information content (AvgIpc) is 3.19. The average molecular weight is 467 g/mol. The first-order chi connectivity index (χ1) is 15.6. The first-order valence-corrected chi connectivity index (χ1v) is 12.5. The van der Waals surface area contributed by atoms with Gasteiger partial charge >= 0.3 is 0 Å². The lowest BCUT2D eigenvalue weighted by molar-refractivity contribution is 0.374. The van der Waals surface area contributed by atoms with Crippen molar-refractivity contribution in [3.63, 3.8) is 0 Å². The highest BCUT2D eigenvalue weighted by atomic mass is 32.2. The minimum atomic E-state index is -0.136. The highest BCUT2D eigenvalue weighted by Crippen LogP contribution is 2.41. The Balaban J connectivity index is 1.48.